The van der Waals surface area contributed by atoms with Crippen LogP contribution in [0.15, 0.2) is 18.2 Å². The van der Waals surface area contributed by atoms with Crippen molar-refractivity contribution in [3.05, 3.63) is 35.4 Å². The fourth-order valence-corrected chi connectivity index (χ4v) is 2.05. The maximum atomic E-state index is 13.1. The van der Waals surface area contributed by atoms with E-state index in [1.807, 2.05) is 6.92 Å². The van der Waals surface area contributed by atoms with Crippen molar-refractivity contribution in [2.45, 2.75) is 45.3 Å². The molecule has 1 aromatic rings. The highest BCUT2D eigenvalue weighted by Crippen LogP contribution is 2.14. The first-order valence-corrected chi connectivity index (χ1v) is 6.39. The van der Waals surface area contributed by atoms with Crippen LogP contribution in [0.4, 0.5) is 8.78 Å². The molecule has 0 aromatic heterocycles. The van der Waals surface area contributed by atoms with Crippen LogP contribution in [0.1, 0.15) is 32.3 Å². The van der Waals surface area contributed by atoms with E-state index in [1.165, 1.54) is 12.1 Å². The predicted molar refractivity (Wildman–Crippen MR) is 68.4 cm³/mol. The van der Waals surface area contributed by atoms with Crippen LogP contribution in [0.5, 0.6) is 0 Å². The number of halogens is 2. The summed E-state index contributed by atoms with van der Waals surface area (Å²) in [4.78, 5) is 0. The lowest BCUT2D eigenvalue weighted by atomic mass is 9.99. The molecule has 0 aliphatic rings. The van der Waals surface area contributed by atoms with Crippen molar-refractivity contribution in [2.75, 3.05) is 6.61 Å². The average molecular weight is 257 g/mol. The van der Waals surface area contributed by atoms with Crippen LogP contribution < -0.4 is 5.73 Å². The second-order valence-electron chi connectivity index (χ2n) is 4.43. The van der Waals surface area contributed by atoms with Crippen LogP contribution >= 0.6 is 0 Å². The smallest absolute Gasteiger partial charge is 0.126 e. The van der Waals surface area contributed by atoms with Gasteiger partial charge in [-0.3, -0.25) is 0 Å². The van der Waals surface area contributed by atoms with E-state index in [9.17, 15) is 8.78 Å². The lowest BCUT2D eigenvalue weighted by Gasteiger charge is -2.23. The topological polar surface area (TPSA) is 35.2 Å². The Morgan fingerprint density at radius 1 is 1.17 bits per heavy atom. The van der Waals surface area contributed by atoms with Crippen molar-refractivity contribution in [1.29, 1.82) is 0 Å². The number of hydrogen-bond acceptors (Lipinski definition) is 2. The molecule has 2 N–H and O–H groups in total. The first kappa shape index (κ1) is 15.1. The molecular weight excluding hydrogens is 236 g/mol. The van der Waals surface area contributed by atoms with Crippen molar-refractivity contribution >= 4 is 0 Å². The van der Waals surface area contributed by atoms with Crippen LogP contribution in [-0.4, -0.2) is 18.8 Å². The molecule has 0 amide bonds. The zero-order valence-corrected chi connectivity index (χ0v) is 11.0. The van der Waals surface area contributed by atoms with Gasteiger partial charge in [0.2, 0.25) is 0 Å². The molecule has 0 aliphatic carbocycles. The predicted octanol–water partition coefficient (Wildman–Crippen LogP) is 3.04. The van der Waals surface area contributed by atoms with E-state index in [2.05, 4.69) is 6.92 Å². The Hall–Kier alpha value is -1.00. The minimum absolute atomic E-state index is 0.0636. The van der Waals surface area contributed by atoms with Crippen molar-refractivity contribution in [3.63, 3.8) is 0 Å². The Morgan fingerprint density at radius 3 is 2.28 bits per heavy atom. The summed E-state index contributed by atoms with van der Waals surface area (Å²) in [6, 6.07) is 3.25. The van der Waals surface area contributed by atoms with E-state index < -0.39 is 11.6 Å². The van der Waals surface area contributed by atoms with Gasteiger partial charge in [0.15, 0.2) is 0 Å². The van der Waals surface area contributed by atoms with Gasteiger partial charge in [0, 0.05) is 18.7 Å². The largest absolute Gasteiger partial charge is 0.377 e. The molecule has 0 saturated carbocycles. The summed E-state index contributed by atoms with van der Waals surface area (Å²) in [6.45, 7) is 4.56. The third-order valence-electron chi connectivity index (χ3n) is 2.83. The third kappa shape index (κ3) is 4.70. The number of hydrogen-bond donors (Lipinski definition) is 1. The van der Waals surface area contributed by atoms with Gasteiger partial charge in [-0.05, 0) is 37.5 Å². The molecule has 0 saturated heterocycles. The Labute approximate surface area is 107 Å². The van der Waals surface area contributed by atoms with Crippen molar-refractivity contribution < 1.29 is 13.5 Å². The molecule has 4 heteroatoms. The Kier molecular flexibility index (Phi) is 6.22. The molecule has 2 nitrogen and oxygen atoms in total. The van der Waals surface area contributed by atoms with Gasteiger partial charge < -0.3 is 10.5 Å². The van der Waals surface area contributed by atoms with Gasteiger partial charge in [-0.1, -0.05) is 13.3 Å². The molecule has 0 radical (unpaired) electrons. The minimum atomic E-state index is -0.569. The molecule has 0 heterocycles. The fraction of sp³-hybridized carbons (Fsp3) is 0.571. The molecule has 1 aromatic carbocycles. The van der Waals surface area contributed by atoms with Crippen molar-refractivity contribution in [1.82, 2.24) is 0 Å². The molecule has 0 bridgehead atoms. The van der Waals surface area contributed by atoms with E-state index in [0.29, 0.717) is 18.6 Å². The number of nitrogens with two attached hydrogens (primary N) is 1. The maximum absolute atomic E-state index is 13.1. The highest BCUT2D eigenvalue weighted by molar-refractivity contribution is 5.19. The first-order chi connectivity index (χ1) is 8.56. The standard InChI is InChI=1S/C14H21F2NO/c1-3-5-14(18-4-2)13(17)8-10-6-11(15)9-12(16)7-10/h6-7,9,13-14H,3-5,8,17H2,1-2H3. The van der Waals surface area contributed by atoms with Crippen molar-refractivity contribution in [3.8, 4) is 0 Å². The molecule has 2 unspecified atom stereocenters. The van der Waals surface area contributed by atoms with Crippen LogP contribution in [0, 0.1) is 11.6 Å². The summed E-state index contributed by atoms with van der Waals surface area (Å²) in [5.41, 5.74) is 6.62. The highest BCUT2D eigenvalue weighted by Gasteiger charge is 2.18. The zero-order valence-electron chi connectivity index (χ0n) is 11.0. The van der Waals surface area contributed by atoms with E-state index in [1.54, 1.807) is 0 Å². The van der Waals surface area contributed by atoms with Gasteiger partial charge in [0.1, 0.15) is 11.6 Å². The monoisotopic (exact) mass is 257 g/mol. The number of benzene rings is 1. The fourth-order valence-electron chi connectivity index (χ4n) is 2.05. The zero-order chi connectivity index (χ0) is 13.5. The third-order valence-corrected chi connectivity index (χ3v) is 2.83. The minimum Gasteiger partial charge on any atom is -0.377 e. The van der Waals surface area contributed by atoms with Crippen LogP contribution in [0.3, 0.4) is 0 Å². The lowest BCUT2D eigenvalue weighted by Crippen LogP contribution is -2.38. The Bertz CT molecular complexity index is 345. The maximum Gasteiger partial charge on any atom is 0.126 e. The second-order valence-corrected chi connectivity index (χ2v) is 4.43. The average Bonchev–Trinajstić information content (AvgIpc) is 2.27. The normalized spacial score (nSPS) is 14.5. The Morgan fingerprint density at radius 2 is 1.78 bits per heavy atom. The second kappa shape index (κ2) is 7.44. The van der Waals surface area contributed by atoms with Gasteiger partial charge in [0.25, 0.3) is 0 Å². The molecular formula is C14H21F2NO. The van der Waals surface area contributed by atoms with Gasteiger partial charge in [-0.25, -0.2) is 8.78 Å². The van der Waals surface area contributed by atoms with Crippen LogP contribution in [0.2, 0.25) is 0 Å². The van der Waals surface area contributed by atoms with Crippen molar-refractivity contribution in [2.24, 2.45) is 5.73 Å². The summed E-state index contributed by atoms with van der Waals surface area (Å²) in [5, 5.41) is 0. The Balaban J connectivity index is 2.68. The number of ether oxygens (including phenoxy) is 1. The quantitative estimate of drug-likeness (QED) is 0.815. The van der Waals surface area contributed by atoms with Gasteiger partial charge in [-0.2, -0.15) is 0 Å². The molecule has 2 atom stereocenters. The SMILES string of the molecule is CCCC(OCC)C(N)Cc1cc(F)cc(F)c1. The summed E-state index contributed by atoms with van der Waals surface area (Å²) in [5.74, 6) is -1.14. The van der Waals surface area contributed by atoms with Crippen LogP contribution in [0.25, 0.3) is 0 Å². The lowest BCUT2D eigenvalue weighted by molar-refractivity contribution is 0.0378. The van der Waals surface area contributed by atoms with Gasteiger partial charge in [0.05, 0.1) is 6.10 Å². The summed E-state index contributed by atoms with van der Waals surface area (Å²) >= 11 is 0. The molecule has 0 aliphatic heterocycles. The molecule has 0 spiro atoms. The van der Waals surface area contributed by atoms with Gasteiger partial charge in [-0.15, -0.1) is 0 Å². The van der Waals surface area contributed by atoms with E-state index >= 15 is 0 Å². The number of rotatable bonds is 7. The van der Waals surface area contributed by atoms with E-state index in [0.717, 1.165) is 18.9 Å². The summed E-state index contributed by atoms with van der Waals surface area (Å²) in [7, 11) is 0. The summed E-state index contributed by atoms with van der Waals surface area (Å²) in [6.07, 6.45) is 2.17. The van der Waals surface area contributed by atoms with E-state index in [-0.39, 0.29) is 12.1 Å². The molecule has 1 rings (SSSR count). The summed E-state index contributed by atoms with van der Waals surface area (Å²) < 4.78 is 31.7. The highest BCUT2D eigenvalue weighted by atomic mass is 19.1. The molecule has 18 heavy (non-hydrogen) atoms. The van der Waals surface area contributed by atoms with E-state index in [4.69, 9.17) is 10.5 Å². The first-order valence-electron chi connectivity index (χ1n) is 6.39. The molecule has 0 fully saturated rings. The van der Waals surface area contributed by atoms with Gasteiger partial charge >= 0.3 is 0 Å². The molecule has 102 valence electrons. The van der Waals surface area contributed by atoms with Crippen LogP contribution in [-0.2, 0) is 11.2 Å².